The lowest BCUT2D eigenvalue weighted by molar-refractivity contribution is -0.136. The number of carbonyl (C=O) groups is 2. The maximum Gasteiger partial charge on any atom is 0.329 e. The van der Waals surface area contributed by atoms with Gasteiger partial charge >= 0.3 is 11.8 Å². The summed E-state index contributed by atoms with van der Waals surface area (Å²) < 4.78 is 5.72. The first kappa shape index (κ1) is 22.5. The summed E-state index contributed by atoms with van der Waals surface area (Å²) in [7, 11) is 0. The first-order valence-electron chi connectivity index (χ1n) is 10.7. The van der Waals surface area contributed by atoms with E-state index in [1.165, 1.54) is 0 Å². The van der Waals surface area contributed by atoms with Crippen LogP contribution in [0.4, 0.5) is 5.69 Å². The number of nitrogens with zero attached hydrogens (tertiary/aromatic N) is 1. The van der Waals surface area contributed by atoms with Crippen LogP contribution in [0.15, 0.2) is 59.7 Å². The summed E-state index contributed by atoms with van der Waals surface area (Å²) in [6.45, 7) is 7.24. The average molecular weight is 422 g/mol. The van der Waals surface area contributed by atoms with Crippen LogP contribution in [0.1, 0.15) is 52.0 Å². The van der Waals surface area contributed by atoms with E-state index < -0.39 is 11.8 Å². The van der Waals surface area contributed by atoms with Gasteiger partial charge in [-0.15, -0.1) is 0 Å². The molecule has 3 rings (SSSR count). The van der Waals surface area contributed by atoms with Gasteiger partial charge in [0.05, 0.1) is 0 Å². The Kier molecular flexibility index (Phi) is 7.45. The predicted molar refractivity (Wildman–Crippen MR) is 123 cm³/mol. The van der Waals surface area contributed by atoms with E-state index in [0.717, 1.165) is 37.0 Å². The standard InChI is InChI=1S/C25H31N3O3/c1-25(2,3)19-9-11-21(12-10-19)27-28-24(30)23(29)26-20-13-15-22(16-14-20)31-17-18-7-5-4-6-8-18/h4-8,13-16,19H,9-12,17H2,1-3H3,(H,26,29)(H,28,30). The molecule has 0 aromatic heterocycles. The maximum atomic E-state index is 12.1. The van der Waals surface area contributed by atoms with Gasteiger partial charge in [-0.2, -0.15) is 5.10 Å². The van der Waals surface area contributed by atoms with E-state index in [1.807, 2.05) is 30.3 Å². The molecule has 6 heteroatoms. The third kappa shape index (κ3) is 6.95. The second-order valence-electron chi connectivity index (χ2n) is 9.01. The second-order valence-corrected chi connectivity index (χ2v) is 9.01. The normalized spacial score (nSPS) is 16.4. The van der Waals surface area contributed by atoms with E-state index in [2.05, 4.69) is 36.6 Å². The fourth-order valence-electron chi connectivity index (χ4n) is 3.67. The summed E-state index contributed by atoms with van der Waals surface area (Å²) in [5.74, 6) is -0.172. The average Bonchev–Trinajstić information content (AvgIpc) is 2.77. The molecule has 2 aromatic rings. The van der Waals surface area contributed by atoms with Crippen LogP contribution < -0.4 is 15.5 Å². The molecule has 6 nitrogen and oxygen atoms in total. The first-order valence-corrected chi connectivity index (χ1v) is 10.7. The monoisotopic (exact) mass is 421 g/mol. The lowest BCUT2D eigenvalue weighted by atomic mass is 9.72. The number of carbonyl (C=O) groups excluding carboxylic acids is 2. The molecule has 2 amide bonds. The van der Waals surface area contributed by atoms with E-state index in [9.17, 15) is 9.59 Å². The minimum atomic E-state index is -0.769. The van der Waals surface area contributed by atoms with E-state index in [-0.39, 0.29) is 5.41 Å². The molecule has 1 aliphatic carbocycles. The number of benzene rings is 2. The van der Waals surface area contributed by atoms with Gasteiger partial charge in [0, 0.05) is 11.4 Å². The quantitative estimate of drug-likeness (QED) is 0.532. The third-order valence-corrected chi connectivity index (χ3v) is 5.67. The van der Waals surface area contributed by atoms with Gasteiger partial charge in [0.2, 0.25) is 0 Å². The van der Waals surface area contributed by atoms with Crippen LogP contribution in [0, 0.1) is 11.3 Å². The lowest BCUT2D eigenvalue weighted by Gasteiger charge is -2.34. The van der Waals surface area contributed by atoms with Crippen molar-refractivity contribution in [1.82, 2.24) is 5.43 Å². The number of ether oxygens (including phenoxy) is 1. The van der Waals surface area contributed by atoms with Gasteiger partial charge in [0.1, 0.15) is 12.4 Å². The summed E-state index contributed by atoms with van der Waals surface area (Å²) >= 11 is 0. The molecule has 0 aliphatic heterocycles. The number of hydrogen-bond donors (Lipinski definition) is 2. The number of rotatable bonds is 5. The van der Waals surface area contributed by atoms with Crippen molar-refractivity contribution in [3.8, 4) is 5.75 Å². The molecule has 0 atom stereocenters. The van der Waals surface area contributed by atoms with Crippen LogP contribution in [-0.2, 0) is 16.2 Å². The summed E-state index contributed by atoms with van der Waals surface area (Å²) in [5, 5.41) is 6.75. The zero-order chi connectivity index (χ0) is 22.3. The van der Waals surface area contributed by atoms with Crippen LogP contribution in [0.25, 0.3) is 0 Å². The van der Waals surface area contributed by atoms with Gasteiger partial charge in [-0.3, -0.25) is 9.59 Å². The predicted octanol–water partition coefficient (Wildman–Crippen LogP) is 4.91. The van der Waals surface area contributed by atoms with Crippen molar-refractivity contribution in [3.63, 3.8) is 0 Å². The maximum absolute atomic E-state index is 12.1. The Morgan fingerprint density at radius 1 is 0.968 bits per heavy atom. The van der Waals surface area contributed by atoms with E-state index in [0.29, 0.717) is 24.0 Å². The molecule has 0 radical (unpaired) electrons. The molecule has 31 heavy (non-hydrogen) atoms. The molecule has 0 bridgehead atoms. The van der Waals surface area contributed by atoms with Crippen LogP contribution >= 0.6 is 0 Å². The zero-order valence-electron chi connectivity index (χ0n) is 18.5. The first-order chi connectivity index (χ1) is 14.8. The molecule has 164 valence electrons. The Balaban J connectivity index is 1.44. The highest BCUT2D eigenvalue weighted by Crippen LogP contribution is 2.36. The molecule has 0 unspecified atom stereocenters. The summed E-state index contributed by atoms with van der Waals surface area (Å²) in [5.41, 5.74) is 5.22. The van der Waals surface area contributed by atoms with Crippen molar-refractivity contribution in [3.05, 3.63) is 60.2 Å². The van der Waals surface area contributed by atoms with Crippen LogP contribution in [0.5, 0.6) is 5.75 Å². The van der Waals surface area contributed by atoms with Crippen molar-refractivity contribution < 1.29 is 14.3 Å². The number of amides is 2. The SMILES string of the molecule is CC(C)(C)C1CCC(=NNC(=O)C(=O)Nc2ccc(OCc3ccccc3)cc2)CC1. The molecule has 1 aliphatic rings. The topological polar surface area (TPSA) is 79.8 Å². The smallest absolute Gasteiger partial charge is 0.329 e. The highest BCUT2D eigenvalue weighted by Gasteiger charge is 2.28. The minimum Gasteiger partial charge on any atom is -0.489 e. The third-order valence-electron chi connectivity index (χ3n) is 5.67. The molecule has 0 saturated heterocycles. The van der Waals surface area contributed by atoms with E-state index in [4.69, 9.17) is 4.74 Å². The molecule has 0 heterocycles. The highest BCUT2D eigenvalue weighted by atomic mass is 16.5. The Morgan fingerprint density at radius 3 is 2.23 bits per heavy atom. The summed E-state index contributed by atoms with van der Waals surface area (Å²) in [6, 6.07) is 16.8. The Morgan fingerprint density at radius 2 is 1.61 bits per heavy atom. The Hall–Kier alpha value is -3.15. The van der Waals surface area contributed by atoms with Crippen molar-refractivity contribution in [2.24, 2.45) is 16.4 Å². The number of nitrogens with one attached hydrogen (secondary N) is 2. The highest BCUT2D eigenvalue weighted by molar-refractivity contribution is 6.39. The van der Waals surface area contributed by atoms with Gasteiger partial charge in [-0.1, -0.05) is 51.1 Å². The van der Waals surface area contributed by atoms with Crippen LogP contribution in [0.3, 0.4) is 0 Å². The number of hydrazone groups is 1. The van der Waals surface area contributed by atoms with Crippen molar-refractivity contribution in [2.75, 3.05) is 5.32 Å². The number of anilines is 1. The zero-order valence-corrected chi connectivity index (χ0v) is 18.5. The fourth-order valence-corrected chi connectivity index (χ4v) is 3.67. The summed E-state index contributed by atoms with van der Waals surface area (Å²) in [4.78, 5) is 24.2. The molecule has 1 fully saturated rings. The Bertz CT molecular complexity index is 905. The van der Waals surface area contributed by atoms with Crippen LogP contribution in [-0.4, -0.2) is 17.5 Å². The van der Waals surface area contributed by atoms with Gasteiger partial charge in [-0.25, -0.2) is 5.43 Å². The minimum absolute atomic E-state index is 0.288. The summed E-state index contributed by atoms with van der Waals surface area (Å²) in [6.07, 6.45) is 3.83. The van der Waals surface area contributed by atoms with Gasteiger partial charge in [0.25, 0.3) is 0 Å². The van der Waals surface area contributed by atoms with Crippen molar-refractivity contribution >= 4 is 23.2 Å². The molecular formula is C25H31N3O3. The van der Waals surface area contributed by atoms with Gasteiger partial charge in [0.15, 0.2) is 0 Å². The molecule has 2 aromatic carbocycles. The van der Waals surface area contributed by atoms with E-state index in [1.54, 1.807) is 24.3 Å². The molecule has 2 N–H and O–H groups in total. The van der Waals surface area contributed by atoms with Gasteiger partial charge < -0.3 is 10.1 Å². The molecule has 1 saturated carbocycles. The largest absolute Gasteiger partial charge is 0.489 e. The van der Waals surface area contributed by atoms with Crippen LogP contribution in [0.2, 0.25) is 0 Å². The molecule has 0 spiro atoms. The van der Waals surface area contributed by atoms with Crippen molar-refractivity contribution in [2.45, 2.75) is 53.1 Å². The van der Waals surface area contributed by atoms with Gasteiger partial charge in [-0.05, 0) is 66.8 Å². The number of hydrogen-bond acceptors (Lipinski definition) is 4. The lowest BCUT2D eigenvalue weighted by Crippen LogP contribution is -2.33. The Labute approximate surface area is 184 Å². The fraction of sp³-hybridized carbons (Fsp3) is 0.400. The molecular weight excluding hydrogens is 390 g/mol. The van der Waals surface area contributed by atoms with Crippen molar-refractivity contribution in [1.29, 1.82) is 0 Å². The second kappa shape index (κ2) is 10.2. The van der Waals surface area contributed by atoms with E-state index >= 15 is 0 Å².